The normalized spacial score (nSPS) is 29.4. The van der Waals surface area contributed by atoms with Crippen molar-refractivity contribution in [2.24, 2.45) is 0 Å². The van der Waals surface area contributed by atoms with Crippen molar-refractivity contribution in [1.29, 1.82) is 0 Å². The number of fused-ring (bicyclic) bond motifs is 1. The van der Waals surface area contributed by atoms with E-state index in [9.17, 15) is 22.7 Å². The fraction of sp³-hybridized carbons (Fsp3) is 0.611. The third-order valence-corrected chi connectivity index (χ3v) is 6.88. The number of nitrogens with zero attached hydrogens (tertiary/aromatic N) is 1. The van der Waals surface area contributed by atoms with Crippen LogP contribution in [-0.4, -0.2) is 75.0 Å². The van der Waals surface area contributed by atoms with E-state index in [1.807, 2.05) is 0 Å². The Morgan fingerprint density at radius 2 is 2.00 bits per heavy atom. The molecule has 2 aliphatic heterocycles. The molecule has 1 aromatic rings. The largest absolute Gasteiger partial charge is 0.469 e. The van der Waals surface area contributed by atoms with Gasteiger partial charge in [-0.05, 0) is 37.1 Å². The molecule has 0 aliphatic carbocycles. The summed E-state index contributed by atoms with van der Waals surface area (Å²) in [6.07, 6.45) is -1.01. The lowest BCUT2D eigenvalue weighted by atomic mass is 9.96. The van der Waals surface area contributed by atoms with Gasteiger partial charge in [0, 0.05) is 6.54 Å². The molecule has 0 bridgehead atoms. The van der Waals surface area contributed by atoms with E-state index in [0.29, 0.717) is 12.8 Å². The molecule has 0 saturated carbocycles. The molecule has 0 unspecified atom stereocenters. The average molecular weight is 417 g/mol. The summed E-state index contributed by atoms with van der Waals surface area (Å²) in [4.78, 5) is 11.5. The number of aliphatic hydroxyl groups excluding tert-OH is 1. The van der Waals surface area contributed by atoms with Gasteiger partial charge in [-0.25, -0.2) is 12.8 Å². The van der Waals surface area contributed by atoms with Crippen LogP contribution in [0.5, 0.6) is 0 Å². The van der Waals surface area contributed by atoms with Crippen molar-refractivity contribution < 1.29 is 36.9 Å². The number of hydrogen-bond donors (Lipinski definition) is 1. The van der Waals surface area contributed by atoms with Crippen molar-refractivity contribution in [3.8, 4) is 0 Å². The standard InChI is InChI=1S/C18H24FNO7S/c1-25-18(22)8-14-4-7-16-17(27-14)11-26-10-13(21)9-20(16)28(23,24)15-5-2-12(19)3-6-15/h2-3,5-6,13-14,16-17,21H,4,7-11H2,1H3/t13-,14+,16+,17-/m0/s1. The molecule has 156 valence electrons. The second-order valence-electron chi connectivity index (χ2n) is 6.94. The fourth-order valence-electron chi connectivity index (χ4n) is 3.58. The maximum Gasteiger partial charge on any atom is 0.308 e. The minimum Gasteiger partial charge on any atom is -0.469 e. The highest BCUT2D eigenvalue weighted by molar-refractivity contribution is 7.89. The Labute approximate surface area is 163 Å². The minimum absolute atomic E-state index is 0.0380. The molecular formula is C18H24FNO7S. The summed E-state index contributed by atoms with van der Waals surface area (Å²) in [5.74, 6) is -0.939. The topological polar surface area (TPSA) is 102 Å². The van der Waals surface area contributed by atoms with Crippen LogP contribution in [0, 0.1) is 5.82 Å². The van der Waals surface area contributed by atoms with Crippen LogP contribution >= 0.6 is 0 Å². The summed E-state index contributed by atoms with van der Waals surface area (Å²) in [7, 11) is -2.69. The molecule has 8 nitrogen and oxygen atoms in total. The predicted molar refractivity (Wildman–Crippen MR) is 95.4 cm³/mol. The van der Waals surface area contributed by atoms with Crippen LogP contribution in [0.2, 0.25) is 0 Å². The zero-order chi connectivity index (χ0) is 20.3. The van der Waals surface area contributed by atoms with Crippen LogP contribution in [0.3, 0.4) is 0 Å². The quantitative estimate of drug-likeness (QED) is 0.719. The molecule has 0 aromatic heterocycles. The molecule has 1 N–H and O–H groups in total. The second-order valence-corrected chi connectivity index (χ2v) is 8.83. The number of methoxy groups -OCH3 is 1. The predicted octanol–water partition coefficient (Wildman–Crippen LogP) is 0.687. The van der Waals surface area contributed by atoms with Gasteiger partial charge in [0.1, 0.15) is 5.82 Å². The summed E-state index contributed by atoms with van der Waals surface area (Å²) in [5.41, 5.74) is 0. The highest BCUT2D eigenvalue weighted by Gasteiger charge is 2.43. The maximum absolute atomic E-state index is 13.2. The lowest BCUT2D eigenvalue weighted by Gasteiger charge is -2.43. The summed E-state index contributed by atoms with van der Waals surface area (Å²) in [6, 6.07) is 3.99. The van der Waals surface area contributed by atoms with Gasteiger partial charge < -0.3 is 19.3 Å². The highest BCUT2D eigenvalue weighted by atomic mass is 32.2. The summed E-state index contributed by atoms with van der Waals surface area (Å²) in [6.45, 7) is -0.107. The van der Waals surface area contributed by atoms with E-state index in [0.717, 1.165) is 12.1 Å². The first-order valence-electron chi connectivity index (χ1n) is 9.06. The Hall–Kier alpha value is -1.59. The smallest absolute Gasteiger partial charge is 0.308 e. The second kappa shape index (κ2) is 8.83. The Morgan fingerprint density at radius 1 is 1.29 bits per heavy atom. The van der Waals surface area contributed by atoms with Gasteiger partial charge in [-0.3, -0.25) is 4.79 Å². The number of esters is 1. The Kier molecular flexibility index (Phi) is 6.66. The summed E-state index contributed by atoms with van der Waals surface area (Å²) < 4.78 is 56.9. The molecule has 2 aliphatic rings. The third-order valence-electron chi connectivity index (χ3n) is 4.98. The number of rotatable bonds is 4. The van der Waals surface area contributed by atoms with E-state index in [1.54, 1.807) is 0 Å². The Bertz CT molecular complexity index is 786. The van der Waals surface area contributed by atoms with Crippen molar-refractivity contribution in [2.75, 3.05) is 26.9 Å². The molecular weight excluding hydrogens is 393 g/mol. The van der Waals surface area contributed by atoms with E-state index in [1.165, 1.54) is 23.5 Å². The molecule has 28 heavy (non-hydrogen) atoms. The van der Waals surface area contributed by atoms with Gasteiger partial charge in [0.25, 0.3) is 0 Å². The molecule has 2 saturated heterocycles. The molecule has 2 heterocycles. The van der Waals surface area contributed by atoms with Crippen molar-refractivity contribution >= 4 is 16.0 Å². The van der Waals surface area contributed by atoms with Gasteiger partial charge in [-0.2, -0.15) is 4.31 Å². The molecule has 4 atom stereocenters. The van der Waals surface area contributed by atoms with E-state index in [2.05, 4.69) is 4.74 Å². The molecule has 0 spiro atoms. The minimum atomic E-state index is -3.99. The number of sulfonamides is 1. The molecule has 10 heteroatoms. The zero-order valence-corrected chi connectivity index (χ0v) is 16.3. The number of hydrogen-bond acceptors (Lipinski definition) is 7. The van der Waals surface area contributed by atoms with Crippen molar-refractivity contribution in [3.63, 3.8) is 0 Å². The van der Waals surface area contributed by atoms with Crippen LogP contribution in [0.1, 0.15) is 19.3 Å². The summed E-state index contributed by atoms with van der Waals surface area (Å²) >= 11 is 0. The van der Waals surface area contributed by atoms with Gasteiger partial charge in [-0.15, -0.1) is 0 Å². The maximum atomic E-state index is 13.2. The van der Waals surface area contributed by atoms with E-state index < -0.39 is 46.2 Å². The van der Waals surface area contributed by atoms with Crippen molar-refractivity contribution in [3.05, 3.63) is 30.1 Å². The molecule has 3 rings (SSSR count). The number of β-amino-alcohol motifs (C(OH)–C–C–N with tert-alkyl or cyclic N) is 1. The number of carbonyl (C=O) groups is 1. The first kappa shape index (κ1) is 21.1. The number of ether oxygens (including phenoxy) is 3. The number of carbonyl (C=O) groups excluding carboxylic acids is 1. The highest BCUT2D eigenvalue weighted by Crippen LogP contribution is 2.31. The van der Waals surface area contributed by atoms with Gasteiger partial charge in [0.05, 0.1) is 56.0 Å². The summed E-state index contributed by atoms with van der Waals surface area (Å²) in [5, 5.41) is 10.1. The number of aliphatic hydroxyl groups is 1. The van der Waals surface area contributed by atoms with Gasteiger partial charge in [0.2, 0.25) is 10.0 Å². The van der Waals surface area contributed by atoms with Crippen LogP contribution in [0.15, 0.2) is 29.2 Å². The molecule has 2 fully saturated rings. The van der Waals surface area contributed by atoms with Crippen molar-refractivity contribution in [1.82, 2.24) is 4.31 Å². The number of benzene rings is 1. The first-order valence-corrected chi connectivity index (χ1v) is 10.5. The molecule has 1 aromatic carbocycles. The Morgan fingerprint density at radius 3 is 2.68 bits per heavy atom. The Balaban J connectivity index is 1.86. The number of halogens is 1. The lowest BCUT2D eigenvalue weighted by molar-refractivity contribution is -0.157. The lowest BCUT2D eigenvalue weighted by Crippen LogP contribution is -2.57. The van der Waals surface area contributed by atoms with Crippen LogP contribution in [0.25, 0.3) is 0 Å². The van der Waals surface area contributed by atoms with E-state index >= 15 is 0 Å². The van der Waals surface area contributed by atoms with E-state index in [-0.39, 0.29) is 31.1 Å². The van der Waals surface area contributed by atoms with Crippen LogP contribution in [0.4, 0.5) is 4.39 Å². The fourth-order valence-corrected chi connectivity index (χ4v) is 5.30. The van der Waals surface area contributed by atoms with Crippen LogP contribution < -0.4 is 0 Å². The zero-order valence-electron chi connectivity index (χ0n) is 15.5. The molecule has 0 radical (unpaired) electrons. The average Bonchev–Trinajstić information content (AvgIpc) is 2.65. The van der Waals surface area contributed by atoms with Gasteiger partial charge in [-0.1, -0.05) is 0 Å². The van der Waals surface area contributed by atoms with Crippen molar-refractivity contribution in [2.45, 2.75) is 48.5 Å². The monoisotopic (exact) mass is 417 g/mol. The van der Waals surface area contributed by atoms with Crippen LogP contribution in [-0.2, 0) is 29.0 Å². The van der Waals surface area contributed by atoms with Gasteiger partial charge >= 0.3 is 5.97 Å². The van der Waals surface area contributed by atoms with E-state index in [4.69, 9.17) is 9.47 Å². The third kappa shape index (κ3) is 4.69. The SMILES string of the molecule is COC(=O)C[C@H]1CC[C@@H]2[C@H](COC[C@@H](O)CN2S(=O)(=O)c2ccc(F)cc2)O1. The first-order chi connectivity index (χ1) is 13.3. The molecule has 0 amide bonds. The van der Waals surface area contributed by atoms with Gasteiger partial charge in [0.15, 0.2) is 0 Å².